The Kier molecular flexibility index (Phi) is 6.61. The molecular weight excluding hydrogens is 372 g/mol. The van der Waals surface area contributed by atoms with Gasteiger partial charge in [0.15, 0.2) is 0 Å². The number of sulfonamides is 1. The van der Waals surface area contributed by atoms with Crippen LogP contribution in [-0.2, 0) is 23.1 Å². The van der Waals surface area contributed by atoms with Crippen molar-refractivity contribution in [1.29, 1.82) is 0 Å². The van der Waals surface area contributed by atoms with Crippen LogP contribution in [0.25, 0.3) is 11.3 Å². The van der Waals surface area contributed by atoms with E-state index >= 15 is 0 Å². The Morgan fingerprint density at radius 2 is 1.71 bits per heavy atom. The minimum Gasteiger partial charge on any atom is -0.311 e. The van der Waals surface area contributed by atoms with Gasteiger partial charge in [-0.15, -0.1) is 0 Å². The van der Waals surface area contributed by atoms with E-state index in [-0.39, 0.29) is 0 Å². The lowest BCUT2D eigenvalue weighted by Gasteiger charge is -2.06. The molecule has 2 aromatic carbocycles. The maximum absolute atomic E-state index is 11.2. The summed E-state index contributed by atoms with van der Waals surface area (Å²) in [6.45, 7) is 4.29. The number of nitrogens with zero attached hydrogens (tertiary/aromatic N) is 2. The second-order valence-corrected chi connectivity index (χ2v) is 8.73. The lowest BCUT2D eigenvalue weighted by atomic mass is 10.1. The van der Waals surface area contributed by atoms with Crippen LogP contribution < -0.4 is 10.0 Å². The second kappa shape index (κ2) is 9.14. The molecule has 0 fully saturated rings. The Balaban J connectivity index is 1.75. The molecule has 7 heteroatoms. The van der Waals surface area contributed by atoms with Crippen LogP contribution in [0.4, 0.5) is 0 Å². The summed E-state index contributed by atoms with van der Waals surface area (Å²) in [5, 5.41) is 8.10. The molecule has 6 nitrogen and oxygen atoms in total. The van der Waals surface area contributed by atoms with E-state index in [1.54, 1.807) is 0 Å². The average molecular weight is 399 g/mol. The first-order valence-corrected chi connectivity index (χ1v) is 11.1. The van der Waals surface area contributed by atoms with Crippen molar-refractivity contribution in [3.8, 4) is 11.3 Å². The van der Waals surface area contributed by atoms with Crippen LogP contribution >= 0.6 is 0 Å². The highest BCUT2D eigenvalue weighted by molar-refractivity contribution is 7.88. The van der Waals surface area contributed by atoms with Gasteiger partial charge in [0, 0.05) is 37.0 Å². The summed E-state index contributed by atoms with van der Waals surface area (Å²) in [5.41, 5.74) is 5.50. The van der Waals surface area contributed by atoms with E-state index in [1.807, 2.05) is 22.9 Å². The predicted molar refractivity (Wildman–Crippen MR) is 112 cm³/mol. The molecule has 0 atom stereocenters. The third-order valence-electron chi connectivity index (χ3n) is 4.33. The van der Waals surface area contributed by atoms with E-state index in [0.717, 1.165) is 23.1 Å². The second-order valence-electron chi connectivity index (χ2n) is 6.90. The Morgan fingerprint density at radius 3 is 2.39 bits per heavy atom. The summed E-state index contributed by atoms with van der Waals surface area (Å²) in [5.74, 6) is 0. The minimum absolute atomic E-state index is 0.358. The van der Waals surface area contributed by atoms with Crippen LogP contribution in [0, 0.1) is 6.92 Å². The molecule has 0 aliphatic heterocycles. The maximum atomic E-state index is 11.2. The third kappa shape index (κ3) is 6.02. The zero-order valence-corrected chi connectivity index (χ0v) is 17.0. The highest BCUT2D eigenvalue weighted by atomic mass is 32.2. The van der Waals surface area contributed by atoms with E-state index in [9.17, 15) is 8.42 Å². The quantitative estimate of drug-likeness (QED) is 0.543. The minimum atomic E-state index is -3.16. The van der Waals surface area contributed by atoms with Crippen molar-refractivity contribution in [2.45, 2.75) is 20.0 Å². The highest BCUT2D eigenvalue weighted by Crippen LogP contribution is 2.23. The molecule has 0 bridgehead atoms. The molecule has 0 saturated carbocycles. The molecule has 1 aromatic heterocycles. The molecule has 0 aliphatic carbocycles. The number of aryl methyl sites for hydroxylation is 1. The van der Waals surface area contributed by atoms with Crippen LogP contribution in [0.1, 0.15) is 16.7 Å². The van der Waals surface area contributed by atoms with Crippen molar-refractivity contribution in [3.63, 3.8) is 0 Å². The third-order valence-corrected chi connectivity index (χ3v) is 5.06. The van der Waals surface area contributed by atoms with Gasteiger partial charge >= 0.3 is 0 Å². The molecule has 148 valence electrons. The Bertz CT molecular complexity index is 997. The normalized spacial score (nSPS) is 11.6. The molecule has 0 unspecified atom stereocenters. The maximum Gasteiger partial charge on any atom is 0.208 e. The molecule has 3 aromatic rings. The van der Waals surface area contributed by atoms with E-state index in [2.05, 4.69) is 59.6 Å². The number of aromatic nitrogens is 2. The van der Waals surface area contributed by atoms with Gasteiger partial charge in [-0.3, -0.25) is 4.68 Å². The van der Waals surface area contributed by atoms with Crippen LogP contribution in [0.15, 0.2) is 60.8 Å². The number of nitrogens with one attached hydrogen (secondary N) is 2. The van der Waals surface area contributed by atoms with Crippen LogP contribution in [0.5, 0.6) is 0 Å². The Morgan fingerprint density at radius 1 is 1.00 bits per heavy atom. The van der Waals surface area contributed by atoms with Gasteiger partial charge in [0.25, 0.3) is 0 Å². The number of benzene rings is 2. The van der Waals surface area contributed by atoms with Crippen LogP contribution in [-0.4, -0.2) is 37.5 Å². The van der Waals surface area contributed by atoms with Gasteiger partial charge in [0.1, 0.15) is 0 Å². The summed E-state index contributed by atoms with van der Waals surface area (Å²) in [4.78, 5) is 0. The molecule has 3 rings (SSSR count). The van der Waals surface area contributed by atoms with Gasteiger partial charge in [0.2, 0.25) is 10.0 Å². The zero-order chi connectivity index (χ0) is 20.0. The van der Waals surface area contributed by atoms with Crippen molar-refractivity contribution in [3.05, 3.63) is 77.5 Å². The first-order valence-electron chi connectivity index (χ1n) is 9.23. The first-order chi connectivity index (χ1) is 13.4. The SMILES string of the molecule is Cc1ccc(-c2nn(Cc3ccccc3)cc2CNCCNS(C)(=O)=O)cc1. The molecule has 2 N–H and O–H groups in total. The lowest BCUT2D eigenvalue weighted by molar-refractivity contribution is 0.582. The lowest BCUT2D eigenvalue weighted by Crippen LogP contribution is -2.30. The van der Waals surface area contributed by atoms with Crippen molar-refractivity contribution in [2.75, 3.05) is 19.3 Å². The summed E-state index contributed by atoms with van der Waals surface area (Å²) in [6, 6.07) is 18.6. The molecule has 1 heterocycles. The molecule has 0 aliphatic rings. The molecular formula is C21H26N4O2S. The fourth-order valence-corrected chi connectivity index (χ4v) is 3.42. The van der Waals surface area contributed by atoms with Gasteiger partial charge < -0.3 is 5.32 Å². The number of hydrogen-bond acceptors (Lipinski definition) is 4. The van der Waals surface area contributed by atoms with E-state index in [1.165, 1.54) is 11.1 Å². The van der Waals surface area contributed by atoms with Gasteiger partial charge in [-0.25, -0.2) is 13.1 Å². The fraction of sp³-hybridized carbons (Fsp3) is 0.286. The van der Waals surface area contributed by atoms with Gasteiger partial charge in [-0.05, 0) is 12.5 Å². The highest BCUT2D eigenvalue weighted by Gasteiger charge is 2.11. The van der Waals surface area contributed by atoms with Crippen molar-refractivity contribution in [2.24, 2.45) is 0 Å². The van der Waals surface area contributed by atoms with Crippen molar-refractivity contribution in [1.82, 2.24) is 19.8 Å². The van der Waals surface area contributed by atoms with Crippen LogP contribution in [0.2, 0.25) is 0 Å². The largest absolute Gasteiger partial charge is 0.311 e. The Labute approximate surface area is 166 Å². The fourth-order valence-electron chi connectivity index (χ4n) is 2.95. The van der Waals surface area contributed by atoms with Gasteiger partial charge in [-0.1, -0.05) is 60.2 Å². The van der Waals surface area contributed by atoms with Crippen molar-refractivity contribution < 1.29 is 8.42 Å². The standard InChI is InChI=1S/C21H26N4O2S/c1-17-8-10-19(11-9-17)21-20(14-22-12-13-23-28(2,26)27)16-25(24-21)15-18-6-4-3-5-7-18/h3-11,16,22-23H,12-15H2,1-2H3. The zero-order valence-electron chi connectivity index (χ0n) is 16.2. The van der Waals surface area contributed by atoms with Crippen LogP contribution in [0.3, 0.4) is 0 Å². The van der Waals surface area contributed by atoms with E-state index < -0.39 is 10.0 Å². The number of hydrogen-bond donors (Lipinski definition) is 2. The van der Waals surface area contributed by atoms with Gasteiger partial charge in [-0.2, -0.15) is 5.10 Å². The molecule has 0 saturated heterocycles. The average Bonchev–Trinajstić information content (AvgIpc) is 3.04. The van der Waals surface area contributed by atoms with Crippen molar-refractivity contribution >= 4 is 10.0 Å². The summed E-state index contributed by atoms with van der Waals surface area (Å²) in [6.07, 6.45) is 3.22. The summed E-state index contributed by atoms with van der Waals surface area (Å²) in [7, 11) is -3.16. The molecule has 0 amide bonds. The molecule has 0 spiro atoms. The number of rotatable bonds is 9. The van der Waals surface area contributed by atoms with E-state index in [4.69, 9.17) is 5.10 Å². The predicted octanol–water partition coefficient (Wildman–Crippen LogP) is 2.55. The molecule has 0 radical (unpaired) electrons. The van der Waals surface area contributed by atoms with E-state index in [0.29, 0.717) is 26.2 Å². The topological polar surface area (TPSA) is 76.0 Å². The molecule has 28 heavy (non-hydrogen) atoms. The van der Waals surface area contributed by atoms with Gasteiger partial charge in [0.05, 0.1) is 18.5 Å². The monoisotopic (exact) mass is 398 g/mol. The Hall–Kier alpha value is -2.48. The first kappa shape index (κ1) is 20.3. The summed E-state index contributed by atoms with van der Waals surface area (Å²) >= 11 is 0. The smallest absolute Gasteiger partial charge is 0.208 e. The summed E-state index contributed by atoms with van der Waals surface area (Å²) < 4.78 is 26.8.